The molecular formula is C12H20BrN3O. The topological polar surface area (TPSA) is 49.0 Å². The fourth-order valence-corrected chi connectivity index (χ4v) is 1.83. The number of hydrogen-bond acceptors (Lipinski definition) is 2. The van der Waals surface area contributed by atoms with E-state index in [2.05, 4.69) is 46.9 Å². The third-order valence-electron chi connectivity index (χ3n) is 3.23. The zero-order valence-electron chi connectivity index (χ0n) is 11.3. The van der Waals surface area contributed by atoms with Crippen LogP contribution in [0.3, 0.4) is 0 Å². The fourth-order valence-electron chi connectivity index (χ4n) is 1.48. The number of aryl methyl sites for hydroxylation is 1. The lowest BCUT2D eigenvalue weighted by Gasteiger charge is -2.35. The largest absolute Gasteiger partial charge is 0.337 e. The Bertz CT molecular complexity index is 420. The molecule has 96 valence electrons. The van der Waals surface area contributed by atoms with E-state index >= 15 is 0 Å². The SMILES string of the molecule is Cc1[nH]nc(C(=O)N(C)[C@H](C)C(C)(C)C)c1Br. The summed E-state index contributed by atoms with van der Waals surface area (Å²) in [4.78, 5) is 14.0. The van der Waals surface area contributed by atoms with Crippen LogP contribution in [0.1, 0.15) is 43.9 Å². The van der Waals surface area contributed by atoms with Gasteiger partial charge in [-0.05, 0) is 35.2 Å². The van der Waals surface area contributed by atoms with Crippen LogP contribution in [0, 0.1) is 12.3 Å². The van der Waals surface area contributed by atoms with Gasteiger partial charge in [-0.25, -0.2) is 0 Å². The number of hydrogen-bond donors (Lipinski definition) is 1. The van der Waals surface area contributed by atoms with E-state index < -0.39 is 0 Å². The first-order valence-electron chi connectivity index (χ1n) is 5.64. The number of nitrogens with zero attached hydrogens (tertiary/aromatic N) is 2. The monoisotopic (exact) mass is 301 g/mol. The average Bonchev–Trinajstić information content (AvgIpc) is 2.55. The number of rotatable bonds is 2. The summed E-state index contributed by atoms with van der Waals surface area (Å²) in [6.45, 7) is 10.3. The van der Waals surface area contributed by atoms with Gasteiger partial charge >= 0.3 is 0 Å². The Morgan fingerprint density at radius 1 is 1.47 bits per heavy atom. The fraction of sp³-hybridized carbons (Fsp3) is 0.667. The summed E-state index contributed by atoms with van der Waals surface area (Å²) in [6.07, 6.45) is 0. The van der Waals surface area contributed by atoms with Crippen molar-refractivity contribution >= 4 is 21.8 Å². The van der Waals surface area contributed by atoms with Gasteiger partial charge in [0, 0.05) is 18.8 Å². The lowest BCUT2D eigenvalue weighted by atomic mass is 9.87. The molecule has 0 fully saturated rings. The lowest BCUT2D eigenvalue weighted by molar-refractivity contribution is 0.0622. The Labute approximate surface area is 111 Å². The molecule has 5 heteroatoms. The number of halogens is 1. The van der Waals surface area contributed by atoms with Crippen molar-refractivity contribution in [2.75, 3.05) is 7.05 Å². The molecule has 1 N–H and O–H groups in total. The van der Waals surface area contributed by atoms with Gasteiger partial charge < -0.3 is 4.90 Å². The van der Waals surface area contributed by atoms with Crippen molar-refractivity contribution < 1.29 is 4.79 Å². The molecule has 1 aromatic rings. The first-order chi connectivity index (χ1) is 7.66. The molecule has 0 spiro atoms. The highest BCUT2D eigenvalue weighted by Gasteiger charge is 2.29. The molecule has 1 heterocycles. The quantitative estimate of drug-likeness (QED) is 0.913. The summed E-state index contributed by atoms with van der Waals surface area (Å²) < 4.78 is 0.746. The second kappa shape index (κ2) is 4.80. The number of carbonyl (C=O) groups is 1. The van der Waals surface area contributed by atoms with Crippen molar-refractivity contribution in [1.82, 2.24) is 15.1 Å². The zero-order chi connectivity index (χ0) is 13.4. The number of amides is 1. The van der Waals surface area contributed by atoms with Crippen LogP contribution in [0.4, 0.5) is 0 Å². The molecule has 17 heavy (non-hydrogen) atoms. The molecule has 0 radical (unpaired) electrons. The normalized spacial score (nSPS) is 13.6. The Kier molecular flexibility index (Phi) is 4.02. The maximum Gasteiger partial charge on any atom is 0.275 e. The van der Waals surface area contributed by atoms with Crippen molar-refractivity contribution in [3.63, 3.8) is 0 Å². The van der Waals surface area contributed by atoms with Crippen molar-refractivity contribution in [2.45, 2.75) is 40.7 Å². The van der Waals surface area contributed by atoms with Gasteiger partial charge in [-0.15, -0.1) is 0 Å². The Morgan fingerprint density at radius 3 is 2.35 bits per heavy atom. The van der Waals surface area contributed by atoms with E-state index in [1.165, 1.54) is 0 Å². The number of aromatic nitrogens is 2. The van der Waals surface area contributed by atoms with Crippen LogP contribution in [-0.2, 0) is 0 Å². The molecule has 0 saturated carbocycles. The summed E-state index contributed by atoms with van der Waals surface area (Å²) in [5.74, 6) is -0.0661. The second-order valence-electron chi connectivity index (χ2n) is 5.47. The third kappa shape index (κ3) is 2.89. The number of nitrogens with one attached hydrogen (secondary N) is 1. The minimum atomic E-state index is -0.0661. The maximum absolute atomic E-state index is 12.3. The Morgan fingerprint density at radius 2 is 2.00 bits per heavy atom. The van der Waals surface area contributed by atoms with Crippen LogP contribution in [0.5, 0.6) is 0 Å². The van der Waals surface area contributed by atoms with Crippen LogP contribution < -0.4 is 0 Å². The van der Waals surface area contributed by atoms with Crippen LogP contribution in [0.25, 0.3) is 0 Å². The highest BCUT2D eigenvalue weighted by atomic mass is 79.9. The average molecular weight is 302 g/mol. The summed E-state index contributed by atoms with van der Waals surface area (Å²) in [7, 11) is 1.81. The van der Waals surface area contributed by atoms with E-state index in [1.54, 1.807) is 4.90 Å². The minimum Gasteiger partial charge on any atom is -0.337 e. The molecule has 1 atom stereocenters. The molecule has 0 aliphatic carbocycles. The Balaban J connectivity index is 2.95. The first kappa shape index (κ1) is 14.2. The lowest BCUT2D eigenvalue weighted by Crippen LogP contribution is -2.43. The number of aromatic amines is 1. The summed E-state index contributed by atoms with van der Waals surface area (Å²) in [6, 6.07) is 0.138. The van der Waals surface area contributed by atoms with E-state index in [9.17, 15) is 4.79 Å². The van der Waals surface area contributed by atoms with Gasteiger partial charge in [0.15, 0.2) is 5.69 Å². The first-order valence-corrected chi connectivity index (χ1v) is 6.43. The van der Waals surface area contributed by atoms with Crippen LogP contribution in [0.2, 0.25) is 0 Å². The molecule has 0 saturated heterocycles. The molecule has 1 aromatic heterocycles. The standard InChI is InChI=1S/C12H20BrN3O/c1-7-9(13)10(15-14-7)11(17)16(6)8(2)12(3,4)5/h8H,1-6H3,(H,14,15)/t8-/m1/s1. The highest BCUT2D eigenvalue weighted by molar-refractivity contribution is 9.10. The summed E-state index contributed by atoms with van der Waals surface area (Å²) in [5, 5.41) is 6.84. The summed E-state index contributed by atoms with van der Waals surface area (Å²) >= 11 is 3.38. The van der Waals surface area contributed by atoms with Crippen molar-refractivity contribution in [1.29, 1.82) is 0 Å². The van der Waals surface area contributed by atoms with Gasteiger partial charge in [-0.1, -0.05) is 20.8 Å². The van der Waals surface area contributed by atoms with Gasteiger partial charge in [0.25, 0.3) is 5.91 Å². The van der Waals surface area contributed by atoms with Gasteiger partial charge in [-0.2, -0.15) is 5.10 Å². The molecule has 1 rings (SSSR count). The molecule has 0 unspecified atom stereocenters. The maximum atomic E-state index is 12.3. The molecule has 1 amide bonds. The number of H-pyrrole nitrogens is 1. The van der Waals surface area contributed by atoms with Gasteiger partial charge in [0.2, 0.25) is 0 Å². The molecule has 0 aliphatic rings. The predicted octanol–water partition coefficient (Wildman–Crippen LogP) is 2.99. The summed E-state index contributed by atoms with van der Waals surface area (Å²) in [5.41, 5.74) is 1.36. The predicted molar refractivity (Wildman–Crippen MR) is 72.0 cm³/mol. The zero-order valence-corrected chi connectivity index (χ0v) is 12.8. The Hall–Kier alpha value is -0.840. The van der Waals surface area contributed by atoms with Crippen LogP contribution >= 0.6 is 15.9 Å². The smallest absolute Gasteiger partial charge is 0.275 e. The third-order valence-corrected chi connectivity index (χ3v) is 4.20. The van der Waals surface area contributed by atoms with E-state index in [1.807, 2.05) is 20.9 Å². The number of carbonyl (C=O) groups excluding carboxylic acids is 1. The van der Waals surface area contributed by atoms with E-state index in [-0.39, 0.29) is 17.4 Å². The van der Waals surface area contributed by atoms with E-state index in [0.29, 0.717) is 5.69 Å². The van der Waals surface area contributed by atoms with Crippen molar-refractivity contribution in [3.05, 3.63) is 15.9 Å². The van der Waals surface area contributed by atoms with Crippen LogP contribution in [0.15, 0.2) is 4.47 Å². The second-order valence-corrected chi connectivity index (χ2v) is 6.26. The molecule has 0 aliphatic heterocycles. The highest BCUT2D eigenvalue weighted by Crippen LogP contribution is 2.26. The van der Waals surface area contributed by atoms with E-state index in [4.69, 9.17) is 0 Å². The molecule has 0 aromatic carbocycles. The minimum absolute atomic E-state index is 0.0439. The molecule has 4 nitrogen and oxygen atoms in total. The van der Waals surface area contributed by atoms with Gasteiger partial charge in [0.05, 0.1) is 4.47 Å². The van der Waals surface area contributed by atoms with Crippen LogP contribution in [-0.4, -0.2) is 34.1 Å². The molecule has 0 bridgehead atoms. The van der Waals surface area contributed by atoms with E-state index in [0.717, 1.165) is 10.2 Å². The van der Waals surface area contributed by atoms with Crippen molar-refractivity contribution in [3.8, 4) is 0 Å². The molecular weight excluding hydrogens is 282 g/mol. The van der Waals surface area contributed by atoms with Gasteiger partial charge in [0.1, 0.15) is 0 Å². The van der Waals surface area contributed by atoms with Gasteiger partial charge in [-0.3, -0.25) is 9.89 Å². The van der Waals surface area contributed by atoms with Crippen molar-refractivity contribution in [2.24, 2.45) is 5.41 Å².